The largest absolute Gasteiger partial charge is 0.494 e. The quantitative estimate of drug-likeness (QED) is 0.527. The van der Waals surface area contributed by atoms with Gasteiger partial charge in [0.1, 0.15) is 16.3 Å². The molecule has 0 unspecified atom stereocenters. The number of aryl methyl sites for hydroxylation is 1. The minimum atomic E-state index is -3.78. The fourth-order valence-corrected chi connectivity index (χ4v) is 5.19. The van der Waals surface area contributed by atoms with Crippen LogP contribution >= 0.6 is 11.6 Å². The highest BCUT2D eigenvalue weighted by molar-refractivity contribution is 7.89. The van der Waals surface area contributed by atoms with Crippen molar-refractivity contribution in [3.63, 3.8) is 0 Å². The lowest BCUT2D eigenvalue weighted by molar-refractivity contribution is 0.102. The fraction of sp³-hybridized carbons (Fsp3) is 0.273. The number of amides is 1. The topological polar surface area (TPSA) is 93.5 Å². The zero-order valence-corrected chi connectivity index (χ0v) is 19.9. The molecule has 1 heterocycles. The van der Waals surface area contributed by atoms with E-state index in [1.807, 2.05) is 25.1 Å². The Kier molecular flexibility index (Phi) is 7.22. The zero-order valence-electron chi connectivity index (χ0n) is 18.3. The summed E-state index contributed by atoms with van der Waals surface area (Å²) in [5, 5.41) is 7.12. The van der Waals surface area contributed by atoms with Gasteiger partial charge in [0, 0.05) is 25.0 Å². The molecule has 0 spiro atoms. The second kappa shape index (κ2) is 9.72. The average molecular weight is 477 g/mol. The van der Waals surface area contributed by atoms with Crippen LogP contribution in [0.1, 0.15) is 29.9 Å². The zero-order chi connectivity index (χ0) is 23.5. The first kappa shape index (κ1) is 23.8. The molecule has 32 heavy (non-hydrogen) atoms. The van der Waals surface area contributed by atoms with Gasteiger partial charge in [-0.05, 0) is 48.9 Å². The molecule has 3 rings (SSSR count). The third-order valence-corrected chi connectivity index (χ3v) is 7.45. The van der Waals surface area contributed by atoms with Crippen LogP contribution in [0.5, 0.6) is 5.75 Å². The van der Waals surface area contributed by atoms with Gasteiger partial charge in [-0.2, -0.15) is 9.40 Å². The highest BCUT2D eigenvalue weighted by Crippen LogP contribution is 2.28. The lowest BCUT2D eigenvalue weighted by atomic mass is 10.2. The standard InChI is InChI=1S/C22H25ClN4O4S/c1-5-26(6-2)32(29,30)21-14-16(8-9-17(21)23)24-22(28)18-11-12-27(25-18)19-13-15(3)7-10-20(19)31-4/h7-14H,5-6H2,1-4H3,(H,24,28). The number of carbonyl (C=O) groups is 1. The molecule has 1 amide bonds. The molecule has 170 valence electrons. The van der Waals surface area contributed by atoms with E-state index >= 15 is 0 Å². The summed E-state index contributed by atoms with van der Waals surface area (Å²) in [4.78, 5) is 12.7. The van der Waals surface area contributed by atoms with Gasteiger partial charge in [0.05, 0.1) is 12.1 Å². The summed E-state index contributed by atoms with van der Waals surface area (Å²) in [5.74, 6) is 0.137. The van der Waals surface area contributed by atoms with Crippen molar-refractivity contribution in [3.8, 4) is 11.4 Å². The molecular weight excluding hydrogens is 452 g/mol. The third kappa shape index (κ3) is 4.79. The van der Waals surface area contributed by atoms with Crippen molar-refractivity contribution in [2.75, 3.05) is 25.5 Å². The number of halogens is 1. The Morgan fingerprint density at radius 2 is 1.88 bits per heavy atom. The minimum absolute atomic E-state index is 0.0595. The summed E-state index contributed by atoms with van der Waals surface area (Å²) in [7, 11) is -2.22. The Morgan fingerprint density at radius 1 is 1.16 bits per heavy atom. The highest BCUT2D eigenvalue weighted by Gasteiger charge is 2.25. The number of hydrogen-bond acceptors (Lipinski definition) is 5. The van der Waals surface area contributed by atoms with Crippen LogP contribution in [0.3, 0.4) is 0 Å². The first-order valence-corrected chi connectivity index (χ1v) is 11.8. The number of ether oxygens (including phenoxy) is 1. The van der Waals surface area contributed by atoms with E-state index in [1.165, 1.54) is 16.4 Å². The summed E-state index contributed by atoms with van der Waals surface area (Å²) in [6, 6.07) is 11.6. The Morgan fingerprint density at radius 3 is 2.53 bits per heavy atom. The van der Waals surface area contributed by atoms with Crippen LogP contribution in [0.25, 0.3) is 5.69 Å². The third-order valence-electron chi connectivity index (χ3n) is 4.92. The van der Waals surface area contributed by atoms with Gasteiger partial charge in [0.25, 0.3) is 5.91 Å². The fourth-order valence-electron chi connectivity index (χ4n) is 3.23. The maximum atomic E-state index is 12.9. The number of carbonyl (C=O) groups excluding carboxylic acids is 1. The number of aromatic nitrogens is 2. The highest BCUT2D eigenvalue weighted by atomic mass is 35.5. The average Bonchev–Trinajstić information content (AvgIpc) is 3.26. The number of hydrogen-bond donors (Lipinski definition) is 1. The van der Waals surface area contributed by atoms with E-state index in [-0.39, 0.29) is 15.6 Å². The SMILES string of the molecule is CCN(CC)S(=O)(=O)c1cc(NC(=O)c2ccn(-c3cc(C)ccc3OC)n2)ccc1Cl. The normalized spacial score (nSPS) is 11.6. The van der Waals surface area contributed by atoms with Crippen molar-refractivity contribution >= 4 is 33.2 Å². The monoisotopic (exact) mass is 476 g/mol. The molecule has 0 bridgehead atoms. The summed E-state index contributed by atoms with van der Waals surface area (Å²) >= 11 is 6.16. The smallest absolute Gasteiger partial charge is 0.276 e. The Balaban J connectivity index is 1.87. The number of sulfonamides is 1. The van der Waals surface area contributed by atoms with E-state index in [9.17, 15) is 13.2 Å². The number of anilines is 1. The minimum Gasteiger partial charge on any atom is -0.494 e. The van der Waals surface area contributed by atoms with Crippen molar-refractivity contribution in [2.24, 2.45) is 0 Å². The first-order chi connectivity index (χ1) is 15.2. The number of nitrogens with one attached hydrogen (secondary N) is 1. The van der Waals surface area contributed by atoms with E-state index in [0.29, 0.717) is 30.2 Å². The molecular formula is C22H25ClN4O4S. The summed E-state index contributed by atoms with van der Waals surface area (Å²) in [5.41, 5.74) is 2.18. The van der Waals surface area contributed by atoms with Gasteiger partial charge in [-0.1, -0.05) is 31.5 Å². The van der Waals surface area contributed by atoms with Crippen LogP contribution in [-0.2, 0) is 10.0 Å². The first-order valence-electron chi connectivity index (χ1n) is 10.0. The molecule has 10 heteroatoms. The maximum absolute atomic E-state index is 12.9. The van der Waals surface area contributed by atoms with Crippen LogP contribution in [0.15, 0.2) is 53.6 Å². The van der Waals surface area contributed by atoms with Crippen molar-refractivity contribution in [1.82, 2.24) is 14.1 Å². The number of benzene rings is 2. The molecule has 0 aliphatic rings. The van der Waals surface area contributed by atoms with E-state index in [2.05, 4.69) is 10.4 Å². The second-order valence-corrected chi connectivity index (χ2v) is 9.32. The number of methoxy groups -OCH3 is 1. The molecule has 1 N–H and O–H groups in total. The van der Waals surface area contributed by atoms with Crippen molar-refractivity contribution in [1.29, 1.82) is 0 Å². The maximum Gasteiger partial charge on any atom is 0.276 e. The lowest BCUT2D eigenvalue weighted by Crippen LogP contribution is -2.30. The Hall–Kier alpha value is -2.88. The van der Waals surface area contributed by atoms with Crippen LogP contribution in [0.2, 0.25) is 5.02 Å². The van der Waals surface area contributed by atoms with Crippen molar-refractivity contribution in [3.05, 3.63) is 64.9 Å². The molecule has 3 aromatic rings. The van der Waals surface area contributed by atoms with E-state index in [4.69, 9.17) is 16.3 Å². The van der Waals surface area contributed by atoms with E-state index in [1.54, 1.807) is 44.0 Å². The van der Waals surface area contributed by atoms with Crippen LogP contribution < -0.4 is 10.1 Å². The van der Waals surface area contributed by atoms with Gasteiger partial charge in [-0.3, -0.25) is 4.79 Å². The summed E-state index contributed by atoms with van der Waals surface area (Å²) in [6.07, 6.45) is 1.66. The Bertz CT molecular complexity index is 1240. The van der Waals surface area contributed by atoms with Gasteiger partial charge in [0.15, 0.2) is 5.69 Å². The molecule has 0 atom stereocenters. The summed E-state index contributed by atoms with van der Waals surface area (Å²) in [6.45, 7) is 6.07. The molecule has 0 aliphatic heterocycles. The number of nitrogens with zero attached hydrogens (tertiary/aromatic N) is 3. The molecule has 0 aliphatic carbocycles. The predicted octanol–water partition coefficient (Wildman–Crippen LogP) is 4.13. The van der Waals surface area contributed by atoms with E-state index in [0.717, 1.165) is 5.56 Å². The number of rotatable bonds is 8. The van der Waals surface area contributed by atoms with Gasteiger partial charge in [0.2, 0.25) is 10.0 Å². The Labute approximate surface area is 192 Å². The molecule has 0 radical (unpaired) electrons. The van der Waals surface area contributed by atoms with Gasteiger partial charge >= 0.3 is 0 Å². The van der Waals surface area contributed by atoms with E-state index < -0.39 is 15.9 Å². The van der Waals surface area contributed by atoms with Crippen molar-refractivity contribution in [2.45, 2.75) is 25.7 Å². The predicted molar refractivity (Wildman–Crippen MR) is 124 cm³/mol. The molecule has 0 saturated carbocycles. The molecule has 8 nitrogen and oxygen atoms in total. The van der Waals surface area contributed by atoms with Crippen LogP contribution in [-0.4, -0.2) is 48.6 Å². The molecule has 1 aromatic heterocycles. The molecule has 2 aromatic carbocycles. The summed E-state index contributed by atoms with van der Waals surface area (Å²) < 4.78 is 34.0. The van der Waals surface area contributed by atoms with Crippen molar-refractivity contribution < 1.29 is 17.9 Å². The van der Waals surface area contributed by atoms with Gasteiger partial charge in [-0.15, -0.1) is 0 Å². The van der Waals surface area contributed by atoms with Crippen LogP contribution in [0, 0.1) is 6.92 Å². The molecule has 0 saturated heterocycles. The molecule has 0 fully saturated rings. The van der Waals surface area contributed by atoms with Crippen LogP contribution in [0.4, 0.5) is 5.69 Å². The lowest BCUT2D eigenvalue weighted by Gasteiger charge is -2.19. The van der Waals surface area contributed by atoms with Gasteiger partial charge < -0.3 is 10.1 Å². The van der Waals surface area contributed by atoms with Gasteiger partial charge in [-0.25, -0.2) is 13.1 Å². The second-order valence-electron chi connectivity index (χ2n) is 7.01.